The van der Waals surface area contributed by atoms with E-state index >= 15 is 0 Å². The van der Waals surface area contributed by atoms with Crippen LogP contribution in [0.15, 0.2) is 66.7 Å². The van der Waals surface area contributed by atoms with Crippen LogP contribution >= 0.6 is 0 Å². The molecule has 0 aliphatic rings. The number of amides is 1. The quantitative estimate of drug-likeness (QED) is 0.604. The van der Waals surface area contributed by atoms with Crippen LogP contribution in [0.3, 0.4) is 0 Å². The molecule has 5 heteroatoms. The molecule has 1 atom stereocenters. The van der Waals surface area contributed by atoms with Crippen LogP contribution in [0, 0.1) is 6.92 Å². The summed E-state index contributed by atoms with van der Waals surface area (Å²) in [5, 5.41) is 3.04. The van der Waals surface area contributed by atoms with Gasteiger partial charge in [0.05, 0.1) is 18.2 Å². The second-order valence-corrected chi connectivity index (χ2v) is 6.90. The molecule has 0 aliphatic carbocycles. The van der Waals surface area contributed by atoms with Gasteiger partial charge in [-0.25, -0.2) is 4.79 Å². The molecule has 1 heterocycles. The summed E-state index contributed by atoms with van der Waals surface area (Å²) >= 11 is 0. The first-order chi connectivity index (χ1) is 14.0. The Morgan fingerprint density at radius 1 is 1.03 bits per heavy atom. The van der Waals surface area contributed by atoms with E-state index in [9.17, 15) is 9.59 Å². The zero-order valence-corrected chi connectivity index (χ0v) is 17.0. The molecular formula is C24H26N2O3. The third kappa shape index (κ3) is 4.74. The van der Waals surface area contributed by atoms with Gasteiger partial charge in [-0.2, -0.15) is 0 Å². The Balaban J connectivity index is 1.88. The maximum absolute atomic E-state index is 12.8. The zero-order valence-electron chi connectivity index (χ0n) is 17.0. The Kier molecular flexibility index (Phi) is 6.50. The van der Waals surface area contributed by atoms with Crippen LogP contribution in [0.25, 0.3) is 11.3 Å². The van der Waals surface area contributed by atoms with Gasteiger partial charge in [0.1, 0.15) is 6.54 Å². The number of nitrogens with zero attached hydrogens (tertiary/aromatic N) is 1. The zero-order chi connectivity index (χ0) is 20.8. The molecule has 0 aliphatic heterocycles. The van der Waals surface area contributed by atoms with Crippen molar-refractivity contribution in [3.8, 4) is 11.3 Å². The van der Waals surface area contributed by atoms with Crippen LogP contribution in [0.5, 0.6) is 0 Å². The number of nitrogens with one attached hydrogen (secondary N) is 1. The van der Waals surface area contributed by atoms with Crippen molar-refractivity contribution in [3.63, 3.8) is 0 Å². The molecule has 0 spiro atoms. The van der Waals surface area contributed by atoms with Gasteiger partial charge in [-0.3, -0.25) is 4.79 Å². The molecule has 0 radical (unpaired) electrons. The number of carbonyl (C=O) groups is 2. The van der Waals surface area contributed by atoms with E-state index in [2.05, 4.69) is 5.32 Å². The molecule has 0 fully saturated rings. The van der Waals surface area contributed by atoms with Crippen LogP contribution in [0.2, 0.25) is 0 Å². The summed E-state index contributed by atoms with van der Waals surface area (Å²) in [6.07, 6.45) is 0. The van der Waals surface area contributed by atoms with Crippen LogP contribution in [-0.2, 0) is 16.1 Å². The number of esters is 1. The third-order valence-corrected chi connectivity index (χ3v) is 4.91. The highest BCUT2D eigenvalue weighted by atomic mass is 16.5. The Hall–Kier alpha value is -3.34. The Labute approximate surface area is 171 Å². The minimum absolute atomic E-state index is 0.107. The number of hydrogen-bond donors (Lipinski definition) is 1. The summed E-state index contributed by atoms with van der Waals surface area (Å²) in [7, 11) is 0. The van der Waals surface area contributed by atoms with Crippen molar-refractivity contribution in [2.45, 2.75) is 33.4 Å². The molecule has 0 saturated heterocycles. The van der Waals surface area contributed by atoms with Crippen LogP contribution < -0.4 is 5.32 Å². The highest BCUT2D eigenvalue weighted by molar-refractivity contribution is 5.93. The van der Waals surface area contributed by atoms with E-state index in [1.165, 1.54) is 0 Å². The molecule has 5 nitrogen and oxygen atoms in total. The Morgan fingerprint density at radius 3 is 2.28 bits per heavy atom. The highest BCUT2D eigenvalue weighted by Crippen LogP contribution is 2.26. The molecule has 150 valence electrons. The van der Waals surface area contributed by atoms with E-state index in [0.717, 1.165) is 16.8 Å². The lowest BCUT2D eigenvalue weighted by molar-refractivity contribution is -0.122. The normalized spacial score (nSPS) is 11.7. The van der Waals surface area contributed by atoms with Gasteiger partial charge < -0.3 is 14.6 Å². The van der Waals surface area contributed by atoms with Gasteiger partial charge in [-0.05, 0) is 38.0 Å². The van der Waals surface area contributed by atoms with E-state index in [4.69, 9.17) is 4.74 Å². The van der Waals surface area contributed by atoms with Gasteiger partial charge in [0.25, 0.3) is 0 Å². The molecule has 29 heavy (non-hydrogen) atoms. The topological polar surface area (TPSA) is 60.3 Å². The smallest absolute Gasteiger partial charge is 0.339 e. The van der Waals surface area contributed by atoms with Crippen molar-refractivity contribution in [1.82, 2.24) is 9.88 Å². The number of aromatic nitrogens is 1. The van der Waals surface area contributed by atoms with Crippen molar-refractivity contribution >= 4 is 11.9 Å². The molecule has 0 bridgehead atoms. The van der Waals surface area contributed by atoms with E-state index in [1.54, 1.807) is 13.0 Å². The predicted octanol–water partition coefficient (Wildman–Crippen LogP) is 4.52. The molecule has 1 N–H and O–H groups in total. The molecule has 2 aromatic carbocycles. The first-order valence-corrected chi connectivity index (χ1v) is 9.78. The Bertz CT molecular complexity index is 978. The summed E-state index contributed by atoms with van der Waals surface area (Å²) in [6.45, 7) is 6.00. The average molecular weight is 390 g/mol. The van der Waals surface area contributed by atoms with E-state index in [0.29, 0.717) is 17.9 Å². The molecule has 1 amide bonds. The van der Waals surface area contributed by atoms with Gasteiger partial charge >= 0.3 is 5.97 Å². The monoisotopic (exact) mass is 390 g/mol. The number of benzene rings is 2. The SMILES string of the molecule is CCOC(=O)c1cc(-c2ccccc2)n(CC(=O)N[C@H](C)c2ccccc2)c1C. The standard InChI is InChI=1S/C24H26N2O3/c1-4-29-24(28)21-15-22(20-13-9-6-10-14-20)26(18(21)3)16-23(27)25-17(2)19-11-7-5-8-12-19/h5-15,17H,4,16H2,1-3H3,(H,25,27)/t17-/m1/s1. The minimum Gasteiger partial charge on any atom is -0.462 e. The summed E-state index contributed by atoms with van der Waals surface area (Å²) in [4.78, 5) is 25.2. The fraction of sp³-hybridized carbons (Fsp3) is 0.250. The van der Waals surface area contributed by atoms with Gasteiger partial charge in [-0.15, -0.1) is 0 Å². The fourth-order valence-electron chi connectivity index (χ4n) is 3.37. The second kappa shape index (κ2) is 9.24. The summed E-state index contributed by atoms with van der Waals surface area (Å²) in [5.41, 5.74) is 3.99. The summed E-state index contributed by atoms with van der Waals surface area (Å²) < 4.78 is 7.06. The molecule has 3 rings (SSSR count). The van der Waals surface area contributed by atoms with E-state index in [-0.39, 0.29) is 24.5 Å². The molecular weight excluding hydrogens is 364 g/mol. The number of hydrogen-bond acceptors (Lipinski definition) is 3. The lowest BCUT2D eigenvalue weighted by atomic mass is 10.1. The van der Waals surface area contributed by atoms with Crippen molar-refractivity contribution < 1.29 is 14.3 Å². The lowest BCUT2D eigenvalue weighted by Gasteiger charge is -2.17. The maximum atomic E-state index is 12.8. The van der Waals surface area contributed by atoms with Crippen LogP contribution in [0.4, 0.5) is 0 Å². The van der Waals surface area contributed by atoms with Gasteiger partial charge in [0, 0.05) is 11.4 Å². The molecule has 0 saturated carbocycles. The summed E-state index contributed by atoms with van der Waals surface area (Å²) in [6, 6.07) is 21.2. The van der Waals surface area contributed by atoms with Gasteiger partial charge in [0.15, 0.2) is 0 Å². The van der Waals surface area contributed by atoms with Crippen LogP contribution in [0.1, 0.15) is 41.5 Å². The molecule has 0 unspecified atom stereocenters. The number of carbonyl (C=O) groups excluding carboxylic acids is 2. The largest absolute Gasteiger partial charge is 0.462 e. The van der Waals surface area contributed by atoms with Gasteiger partial charge in [-0.1, -0.05) is 60.7 Å². The fourth-order valence-corrected chi connectivity index (χ4v) is 3.37. The van der Waals surface area contributed by atoms with Crippen molar-refractivity contribution in [3.05, 3.63) is 83.6 Å². The van der Waals surface area contributed by atoms with Crippen molar-refractivity contribution in [2.24, 2.45) is 0 Å². The Morgan fingerprint density at radius 2 is 1.66 bits per heavy atom. The average Bonchev–Trinajstić information content (AvgIpc) is 3.05. The first kappa shape index (κ1) is 20.4. The lowest BCUT2D eigenvalue weighted by Crippen LogP contribution is -2.30. The van der Waals surface area contributed by atoms with Crippen molar-refractivity contribution in [2.75, 3.05) is 6.61 Å². The highest BCUT2D eigenvalue weighted by Gasteiger charge is 2.21. The predicted molar refractivity (Wildman–Crippen MR) is 114 cm³/mol. The number of rotatable bonds is 7. The first-order valence-electron chi connectivity index (χ1n) is 9.78. The van der Waals surface area contributed by atoms with E-state index in [1.807, 2.05) is 79.1 Å². The molecule has 1 aromatic heterocycles. The second-order valence-electron chi connectivity index (χ2n) is 6.90. The minimum atomic E-state index is -0.376. The third-order valence-electron chi connectivity index (χ3n) is 4.91. The molecule has 3 aromatic rings. The van der Waals surface area contributed by atoms with Crippen LogP contribution in [-0.4, -0.2) is 23.1 Å². The number of ether oxygens (including phenoxy) is 1. The summed E-state index contributed by atoms with van der Waals surface area (Å²) in [5.74, 6) is -0.494. The van der Waals surface area contributed by atoms with E-state index < -0.39 is 0 Å². The van der Waals surface area contributed by atoms with Crippen molar-refractivity contribution in [1.29, 1.82) is 0 Å². The maximum Gasteiger partial charge on any atom is 0.339 e. The van der Waals surface area contributed by atoms with Gasteiger partial charge in [0.2, 0.25) is 5.91 Å².